The first-order chi connectivity index (χ1) is 8.58. The molecule has 0 unspecified atom stereocenters. The van der Waals surface area contributed by atoms with Crippen LogP contribution in [0, 0.1) is 10.1 Å². The van der Waals surface area contributed by atoms with Crippen LogP contribution in [0.15, 0.2) is 30.6 Å². The third kappa shape index (κ3) is 2.72. The summed E-state index contributed by atoms with van der Waals surface area (Å²) in [5.74, 6) is 0.319. The summed E-state index contributed by atoms with van der Waals surface area (Å²) in [4.78, 5) is 9.93. The average Bonchev–Trinajstić information content (AvgIpc) is 2.77. The standard InChI is InChI=1S/C10H7Cl2N3O3/c11-8-2-1-3-9(12)10(8)18-6-14-5-7(4-13-14)15(16)17/h1-5H,6H2. The van der Waals surface area contributed by atoms with E-state index in [2.05, 4.69) is 5.10 Å². The van der Waals surface area contributed by atoms with Gasteiger partial charge in [-0.1, -0.05) is 29.3 Å². The Balaban J connectivity index is 2.09. The van der Waals surface area contributed by atoms with Gasteiger partial charge in [0.25, 0.3) is 0 Å². The van der Waals surface area contributed by atoms with Crippen molar-refractivity contribution < 1.29 is 9.66 Å². The zero-order chi connectivity index (χ0) is 13.1. The fourth-order valence-electron chi connectivity index (χ4n) is 1.27. The molecule has 18 heavy (non-hydrogen) atoms. The van der Waals surface area contributed by atoms with Gasteiger partial charge in [-0.25, -0.2) is 4.68 Å². The molecule has 0 saturated carbocycles. The Morgan fingerprint density at radius 2 is 2.06 bits per heavy atom. The van der Waals surface area contributed by atoms with E-state index in [1.54, 1.807) is 18.2 Å². The molecular formula is C10H7Cl2N3O3. The van der Waals surface area contributed by atoms with Gasteiger partial charge >= 0.3 is 5.69 Å². The van der Waals surface area contributed by atoms with Crippen molar-refractivity contribution in [1.29, 1.82) is 0 Å². The molecule has 1 aromatic carbocycles. The van der Waals surface area contributed by atoms with Gasteiger partial charge in [0.15, 0.2) is 12.5 Å². The molecule has 94 valence electrons. The summed E-state index contributed by atoms with van der Waals surface area (Å²) in [5.41, 5.74) is -0.108. The summed E-state index contributed by atoms with van der Waals surface area (Å²) in [7, 11) is 0. The predicted molar refractivity (Wildman–Crippen MR) is 66.0 cm³/mol. The SMILES string of the molecule is O=[N+]([O-])c1cnn(COc2c(Cl)cccc2Cl)c1. The summed E-state index contributed by atoms with van der Waals surface area (Å²) >= 11 is 11.8. The molecule has 1 heterocycles. The molecule has 0 atom stereocenters. The van der Waals surface area contributed by atoms with Gasteiger partial charge in [0.2, 0.25) is 0 Å². The summed E-state index contributed by atoms with van der Waals surface area (Å²) in [6.07, 6.45) is 2.39. The Labute approximate surface area is 112 Å². The Morgan fingerprint density at radius 3 is 2.61 bits per heavy atom. The molecule has 0 aliphatic rings. The van der Waals surface area contributed by atoms with Crippen molar-refractivity contribution in [3.63, 3.8) is 0 Å². The van der Waals surface area contributed by atoms with Crippen LogP contribution in [0.2, 0.25) is 10.0 Å². The van der Waals surface area contributed by atoms with Crippen molar-refractivity contribution in [1.82, 2.24) is 9.78 Å². The van der Waals surface area contributed by atoms with Crippen molar-refractivity contribution in [3.05, 3.63) is 50.8 Å². The average molecular weight is 288 g/mol. The van der Waals surface area contributed by atoms with Crippen LogP contribution in [-0.2, 0) is 6.73 Å². The number of para-hydroxylation sites is 1. The number of nitrogens with zero attached hydrogens (tertiary/aromatic N) is 3. The second kappa shape index (κ2) is 5.24. The van der Waals surface area contributed by atoms with Gasteiger partial charge in [-0.15, -0.1) is 0 Å². The summed E-state index contributed by atoms with van der Waals surface area (Å²) in [6, 6.07) is 4.96. The second-order valence-corrected chi connectivity index (χ2v) is 4.13. The molecule has 2 aromatic rings. The first-order valence-electron chi connectivity index (χ1n) is 4.81. The Bertz CT molecular complexity index is 565. The molecule has 0 aliphatic carbocycles. The molecule has 0 fully saturated rings. The second-order valence-electron chi connectivity index (χ2n) is 3.32. The van der Waals surface area contributed by atoms with Gasteiger partial charge in [-0.2, -0.15) is 5.10 Å². The maximum atomic E-state index is 10.5. The van der Waals surface area contributed by atoms with E-state index in [0.717, 1.165) is 6.20 Å². The number of halogens is 2. The van der Waals surface area contributed by atoms with E-state index in [1.807, 2.05) is 0 Å². The minimum Gasteiger partial charge on any atom is -0.468 e. The number of rotatable bonds is 4. The van der Waals surface area contributed by atoms with Crippen LogP contribution in [0.5, 0.6) is 5.75 Å². The van der Waals surface area contributed by atoms with Crippen LogP contribution in [0.25, 0.3) is 0 Å². The summed E-state index contributed by atoms with van der Waals surface area (Å²) < 4.78 is 6.64. The fourth-order valence-corrected chi connectivity index (χ4v) is 1.78. The third-order valence-corrected chi connectivity index (χ3v) is 2.69. The lowest BCUT2D eigenvalue weighted by atomic mass is 10.3. The number of aromatic nitrogens is 2. The molecule has 0 amide bonds. The normalized spacial score (nSPS) is 10.3. The molecule has 0 aliphatic heterocycles. The zero-order valence-electron chi connectivity index (χ0n) is 8.92. The topological polar surface area (TPSA) is 70.2 Å². The van der Waals surface area contributed by atoms with Crippen molar-refractivity contribution in [2.24, 2.45) is 0 Å². The molecule has 6 nitrogen and oxygen atoms in total. The van der Waals surface area contributed by atoms with Gasteiger partial charge in [-0.3, -0.25) is 10.1 Å². The van der Waals surface area contributed by atoms with Crippen molar-refractivity contribution in [3.8, 4) is 5.75 Å². The lowest BCUT2D eigenvalue weighted by Gasteiger charge is -2.08. The van der Waals surface area contributed by atoms with E-state index in [1.165, 1.54) is 10.9 Å². The van der Waals surface area contributed by atoms with Crippen LogP contribution < -0.4 is 4.74 Å². The molecule has 8 heteroatoms. The van der Waals surface area contributed by atoms with Gasteiger partial charge in [-0.05, 0) is 12.1 Å². The molecule has 0 spiro atoms. The van der Waals surface area contributed by atoms with E-state index in [9.17, 15) is 10.1 Å². The van der Waals surface area contributed by atoms with E-state index < -0.39 is 4.92 Å². The number of hydrogen-bond donors (Lipinski definition) is 0. The molecule has 0 N–H and O–H groups in total. The molecule has 2 rings (SSSR count). The van der Waals surface area contributed by atoms with Gasteiger partial charge in [0, 0.05) is 0 Å². The highest BCUT2D eigenvalue weighted by Gasteiger charge is 2.10. The van der Waals surface area contributed by atoms with E-state index in [-0.39, 0.29) is 12.4 Å². The van der Waals surface area contributed by atoms with Crippen LogP contribution in [0.3, 0.4) is 0 Å². The van der Waals surface area contributed by atoms with E-state index in [0.29, 0.717) is 15.8 Å². The Kier molecular flexibility index (Phi) is 3.69. The molecule has 0 radical (unpaired) electrons. The smallest absolute Gasteiger partial charge is 0.307 e. The maximum absolute atomic E-state index is 10.5. The van der Waals surface area contributed by atoms with Crippen LogP contribution in [0.4, 0.5) is 5.69 Å². The highest BCUT2D eigenvalue weighted by Crippen LogP contribution is 2.32. The van der Waals surface area contributed by atoms with Crippen molar-refractivity contribution >= 4 is 28.9 Å². The van der Waals surface area contributed by atoms with Crippen LogP contribution in [0.1, 0.15) is 0 Å². The van der Waals surface area contributed by atoms with Gasteiger partial charge < -0.3 is 4.74 Å². The quantitative estimate of drug-likeness (QED) is 0.640. The highest BCUT2D eigenvalue weighted by atomic mass is 35.5. The fraction of sp³-hybridized carbons (Fsp3) is 0.100. The number of hydrogen-bond acceptors (Lipinski definition) is 4. The monoisotopic (exact) mass is 287 g/mol. The third-order valence-electron chi connectivity index (χ3n) is 2.09. The minimum absolute atomic E-state index is 0.0166. The highest BCUT2D eigenvalue weighted by molar-refractivity contribution is 6.37. The largest absolute Gasteiger partial charge is 0.468 e. The van der Waals surface area contributed by atoms with Crippen molar-refractivity contribution in [2.45, 2.75) is 6.73 Å². The lowest BCUT2D eigenvalue weighted by molar-refractivity contribution is -0.385. The molecular weight excluding hydrogens is 281 g/mol. The van der Waals surface area contributed by atoms with E-state index >= 15 is 0 Å². The number of benzene rings is 1. The predicted octanol–water partition coefficient (Wildman–Crippen LogP) is 3.13. The zero-order valence-corrected chi connectivity index (χ0v) is 10.4. The number of ether oxygens (including phenoxy) is 1. The maximum Gasteiger partial charge on any atom is 0.307 e. The molecule has 0 saturated heterocycles. The number of nitro groups is 1. The van der Waals surface area contributed by atoms with Gasteiger partial charge in [0.1, 0.15) is 12.4 Å². The van der Waals surface area contributed by atoms with Crippen LogP contribution in [-0.4, -0.2) is 14.7 Å². The lowest BCUT2D eigenvalue weighted by Crippen LogP contribution is -2.05. The summed E-state index contributed by atoms with van der Waals surface area (Å²) in [5, 5.41) is 15.0. The molecule has 1 aromatic heterocycles. The van der Waals surface area contributed by atoms with Gasteiger partial charge in [0.05, 0.1) is 15.0 Å². The minimum atomic E-state index is -0.536. The summed E-state index contributed by atoms with van der Waals surface area (Å²) in [6.45, 7) is -0.0166. The van der Waals surface area contributed by atoms with E-state index in [4.69, 9.17) is 27.9 Å². The first kappa shape index (κ1) is 12.7. The Morgan fingerprint density at radius 1 is 1.39 bits per heavy atom. The first-order valence-corrected chi connectivity index (χ1v) is 5.57. The van der Waals surface area contributed by atoms with Crippen LogP contribution >= 0.6 is 23.2 Å². The Hall–Kier alpha value is -1.79. The van der Waals surface area contributed by atoms with Crippen molar-refractivity contribution in [2.75, 3.05) is 0 Å². The molecule has 0 bridgehead atoms.